The van der Waals surface area contributed by atoms with Crippen molar-refractivity contribution in [1.29, 1.82) is 0 Å². The van der Waals surface area contributed by atoms with Crippen molar-refractivity contribution < 1.29 is 14.3 Å². The Morgan fingerprint density at radius 3 is 2.64 bits per heavy atom. The van der Waals surface area contributed by atoms with Crippen molar-refractivity contribution >= 4 is 5.91 Å². The Hall–Kier alpha value is -2.01. The second-order valence-corrected chi connectivity index (χ2v) is 8.13. The highest BCUT2D eigenvalue weighted by molar-refractivity contribution is 5.78. The molecule has 0 spiro atoms. The maximum Gasteiger partial charge on any atom is 0.260 e. The van der Waals surface area contributed by atoms with Crippen molar-refractivity contribution in [2.45, 2.75) is 64.1 Å². The first kappa shape index (κ1) is 20.7. The number of methoxy groups -OCH3 is 1. The van der Waals surface area contributed by atoms with Crippen LogP contribution >= 0.6 is 0 Å². The number of hydrogen-bond acceptors (Lipinski definition) is 4. The van der Waals surface area contributed by atoms with E-state index in [0.29, 0.717) is 29.6 Å². The Morgan fingerprint density at radius 2 is 1.96 bits per heavy atom. The van der Waals surface area contributed by atoms with Gasteiger partial charge in [-0.2, -0.15) is 0 Å². The van der Waals surface area contributed by atoms with Crippen molar-refractivity contribution in [3.63, 3.8) is 0 Å². The molecule has 2 aliphatic rings. The van der Waals surface area contributed by atoms with E-state index >= 15 is 0 Å². The third-order valence-corrected chi connectivity index (χ3v) is 6.15. The maximum atomic E-state index is 12.8. The summed E-state index contributed by atoms with van der Waals surface area (Å²) in [6.45, 7) is 10.1. The van der Waals surface area contributed by atoms with Gasteiger partial charge in [0.15, 0.2) is 18.1 Å². The van der Waals surface area contributed by atoms with E-state index in [1.54, 1.807) is 7.11 Å². The highest BCUT2D eigenvalue weighted by atomic mass is 16.5. The van der Waals surface area contributed by atoms with E-state index in [2.05, 4.69) is 25.3 Å². The largest absolute Gasteiger partial charge is 0.493 e. The molecule has 5 heteroatoms. The highest BCUT2D eigenvalue weighted by Crippen LogP contribution is 2.31. The van der Waals surface area contributed by atoms with Crippen molar-refractivity contribution in [2.75, 3.05) is 26.8 Å². The van der Waals surface area contributed by atoms with Crippen LogP contribution in [0, 0.1) is 0 Å². The number of carbonyl (C=O) groups excluding carboxylic acids is 1. The molecule has 0 unspecified atom stereocenters. The molecule has 3 atom stereocenters. The molecule has 2 aliphatic heterocycles. The minimum absolute atomic E-state index is 0.0506. The molecule has 1 aromatic carbocycles. The smallest absolute Gasteiger partial charge is 0.260 e. The molecule has 0 N–H and O–H groups in total. The van der Waals surface area contributed by atoms with Crippen LogP contribution in [0.25, 0.3) is 0 Å². The van der Waals surface area contributed by atoms with Crippen molar-refractivity contribution in [3.8, 4) is 11.5 Å². The third-order valence-electron chi connectivity index (χ3n) is 6.15. The molecule has 1 aromatic rings. The van der Waals surface area contributed by atoms with Crippen LogP contribution in [0.2, 0.25) is 0 Å². The van der Waals surface area contributed by atoms with Gasteiger partial charge in [0.05, 0.1) is 7.11 Å². The minimum atomic E-state index is 0.0506. The molecule has 3 rings (SSSR count). The zero-order valence-electron chi connectivity index (χ0n) is 17.5. The van der Waals surface area contributed by atoms with E-state index in [9.17, 15) is 4.79 Å². The Balaban J connectivity index is 1.58. The van der Waals surface area contributed by atoms with E-state index in [1.165, 1.54) is 19.3 Å². The fourth-order valence-corrected chi connectivity index (χ4v) is 4.72. The average molecular weight is 387 g/mol. The number of likely N-dealkylation sites (tertiary alicyclic amines) is 2. The van der Waals surface area contributed by atoms with Gasteiger partial charge in [0, 0.05) is 31.2 Å². The summed E-state index contributed by atoms with van der Waals surface area (Å²) < 4.78 is 11.3. The van der Waals surface area contributed by atoms with Crippen LogP contribution in [0.3, 0.4) is 0 Å². The third kappa shape index (κ3) is 4.69. The second-order valence-electron chi connectivity index (χ2n) is 8.13. The Labute approximate surface area is 169 Å². The maximum absolute atomic E-state index is 12.8. The summed E-state index contributed by atoms with van der Waals surface area (Å²) >= 11 is 0. The molecular weight excluding hydrogens is 352 g/mol. The van der Waals surface area contributed by atoms with Crippen LogP contribution in [0.15, 0.2) is 30.9 Å². The first-order chi connectivity index (χ1) is 13.5. The quantitative estimate of drug-likeness (QED) is 0.671. The zero-order chi connectivity index (χ0) is 20.1. The van der Waals surface area contributed by atoms with Gasteiger partial charge in [-0.25, -0.2) is 0 Å². The number of allylic oxidation sites excluding steroid dienone is 1. The number of benzene rings is 1. The monoisotopic (exact) mass is 386 g/mol. The van der Waals surface area contributed by atoms with Crippen LogP contribution in [0.5, 0.6) is 11.5 Å². The van der Waals surface area contributed by atoms with Gasteiger partial charge < -0.3 is 14.4 Å². The van der Waals surface area contributed by atoms with Crippen LogP contribution in [0.4, 0.5) is 0 Å². The molecule has 28 heavy (non-hydrogen) atoms. The molecule has 5 nitrogen and oxygen atoms in total. The fraction of sp³-hybridized carbons (Fsp3) is 0.609. The highest BCUT2D eigenvalue weighted by Gasteiger charge is 2.36. The lowest BCUT2D eigenvalue weighted by Gasteiger charge is -2.41. The predicted octanol–water partition coefficient (Wildman–Crippen LogP) is 3.67. The van der Waals surface area contributed by atoms with E-state index in [1.807, 2.05) is 29.2 Å². The van der Waals surface area contributed by atoms with Gasteiger partial charge >= 0.3 is 0 Å². The van der Waals surface area contributed by atoms with Gasteiger partial charge in [-0.15, -0.1) is 6.58 Å². The molecule has 154 valence electrons. The first-order valence-electron chi connectivity index (χ1n) is 10.5. The van der Waals surface area contributed by atoms with Crippen LogP contribution < -0.4 is 9.47 Å². The summed E-state index contributed by atoms with van der Waals surface area (Å²) in [5.74, 6) is 1.32. The van der Waals surface area contributed by atoms with Gasteiger partial charge in [-0.3, -0.25) is 9.69 Å². The average Bonchev–Trinajstić information content (AvgIpc) is 3.05. The fourth-order valence-electron chi connectivity index (χ4n) is 4.72. The number of piperidine rings is 1. The van der Waals surface area contributed by atoms with E-state index in [0.717, 1.165) is 31.5 Å². The number of carbonyl (C=O) groups is 1. The Kier molecular flexibility index (Phi) is 7.00. The van der Waals surface area contributed by atoms with Gasteiger partial charge in [0.25, 0.3) is 5.91 Å². The number of hydrogen-bond donors (Lipinski definition) is 0. The number of rotatable bonds is 7. The van der Waals surface area contributed by atoms with Gasteiger partial charge in [-0.05, 0) is 63.6 Å². The van der Waals surface area contributed by atoms with Gasteiger partial charge in [0.1, 0.15) is 0 Å². The number of ether oxygens (including phenoxy) is 2. The molecular formula is C23H34N2O3. The molecule has 2 heterocycles. The normalized spacial score (nSPS) is 25.5. The standard InChI is InChI=1S/C23H34N2O3/c1-5-7-19-11-12-21(22(14-19)27-4)28-16-23(26)24-13-6-8-20(15-24)25-17(2)9-10-18(25)3/h5,11-12,14,17-18,20H,1,6-10,13,15-16H2,2-4H3/t17-,18-,20+/m1/s1. The summed E-state index contributed by atoms with van der Waals surface area (Å²) in [6, 6.07) is 7.50. The van der Waals surface area contributed by atoms with E-state index in [-0.39, 0.29) is 12.5 Å². The molecule has 2 saturated heterocycles. The molecule has 1 amide bonds. The Bertz CT molecular complexity index is 680. The molecule has 0 aromatic heterocycles. The van der Waals surface area contributed by atoms with E-state index in [4.69, 9.17) is 9.47 Å². The molecule has 0 bridgehead atoms. The topological polar surface area (TPSA) is 42.0 Å². The summed E-state index contributed by atoms with van der Waals surface area (Å²) in [5.41, 5.74) is 1.11. The molecule has 0 radical (unpaired) electrons. The molecule has 0 saturated carbocycles. The summed E-state index contributed by atoms with van der Waals surface area (Å²) in [6.07, 6.45) is 7.39. The summed E-state index contributed by atoms with van der Waals surface area (Å²) in [5, 5.41) is 0. The summed E-state index contributed by atoms with van der Waals surface area (Å²) in [7, 11) is 1.62. The van der Waals surface area contributed by atoms with Crippen molar-refractivity contribution in [2.24, 2.45) is 0 Å². The van der Waals surface area contributed by atoms with Crippen molar-refractivity contribution in [3.05, 3.63) is 36.4 Å². The minimum Gasteiger partial charge on any atom is -0.493 e. The molecule has 2 fully saturated rings. The SMILES string of the molecule is C=CCc1ccc(OCC(=O)N2CCC[C@H](N3[C@H](C)CC[C@H]3C)C2)c(OC)c1. The van der Waals surface area contributed by atoms with Crippen LogP contribution in [0.1, 0.15) is 45.1 Å². The lowest BCUT2D eigenvalue weighted by Crippen LogP contribution is -2.53. The van der Waals surface area contributed by atoms with Crippen molar-refractivity contribution in [1.82, 2.24) is 9.80 Å². The van der Waals surface area contributed by atoms with Gasteiger partial charge in [-0.1, -0.05) is 12.1 Å². The van der Waals surface area contributed by atoms with E-state index < -0.39 is 0 Å². The summed E-state index contributed by atoms with van der Waals surface area (Å²) in [4.78, 5) is 17.4. The number of amides is 1. The lowest BCUT2D eigenvalue weighted by molar-refractivity contribution is -0.135. The molecule has 0 aliphatic carbocycles. The predicted molar refractivity (Wildman–Crippen MR) is 112 cm³/mol. The zero-order valence-corrected chi connectivity index (χ0v) is 17.5. The van der Waals surface area contributed by atoms with Gasteiger partial charge in [0.2, 0.25) is 0 Å². The van der Waals surface area contributed by atoms with Crippen LogP contribution in [-0.4, -0.2) is 60.6 Å². The van der Waals surface area contributed by atoms with Crippen LogP contribution in [-0.2, 0) is 11.2 Å². The first-order valence-corrected chi connectivity index (χ1v) is 10.5. The second kappa shape index (κ2) is 9.46. The Morgan fingerprint density at radius 1 is 1.21 bits per heavy atom. The number of nitrogens with zero attached hydrogens (tertiary/aromatic N) is 2. The lowest BCUT2D eigenvalue weighted by atomic mass is 10.0.